The Balaban J connectivity index is 2.23. The molecule has 0 unspecified atom stereocenters. The zero-order valence-corrected chi connectivity index (χ0v) is 12.0. The summed E-state index contributed by atoms with van der Waals surface area (Å²) in [4.78, 5) is 0. The predicted molar refractivity (Wildman–Crippen MR) is 76.1 cm³/mol. The van der Waals surface area contributed by atoms with Crippen molar-refractivity contribution >= 4 is 15.9 Å². The highest BCUT2D eigenvalue weighted by Gasteiger charge is 2.03. The van der Waals surface area contributed by atoms with Gasteiger partial charge >= 0.3 is 0 Å². The molecule has 4 heteroatoms. The summed E-state index contributed by atoms with van der Waals surface area (Å²) in [6.07, 6.45) is 0. The molecule has 3 nitrogen and oxygen atoms in total. The zero-order chi connectivity index (χ0) is 13.7. The van der Waals surface area contributed by atoms with Crippen LogP contribution in [0.2, 0.25) is 0 Å². The summed E-state index contributed by atoms with van der Waals surface area (Å²) < 4.78 is 11.6. The molecule has 2 aromatic rings. The molecule has 0 aliphatic rings. The Morgan fingerprint density at radius 3 is 2.74 bits per heavy atom. The lowest BCUT2D eigenvalue weighted by Gasteiger charge is -2.08. The van der Waals surface area contributed by atoms with E-state index in [0.29, 0.717) is 17.9 Å². The van der Waals surface area contributed by atoms with E-state index >= 15 is 0 Å². The first-order valence-electron chi connectivity index (χ1n) is 5.67. The zero-order valence-electron chi connectivity index (χ0n) is 10.4. The van der Waals surface area contributed by atoms with Gasteiger partial charge in [-0.25, -0.2) is 0 Å². The van der Waals surface area contributed by atoms with Crippen LogP contribution in [0.15, 0.2) is 46.9 Å². The van der Waals surface area contributed by atoms with Crippen LogP contribution < -0.4 is 4.74 Å². The molecule has 0 fully saturated rings. The van der Waals surface area contributed by atoms with Crippen LogP contribution >= 0.6 is 15.9 Å². The third kappa shape index (κ3) is 3.82. The molecule has 0 bridgehead atoms. The molecular weight excluding hydrogens is 306 g/mol. The fourth-order valence-electron chi connectivity index (χ4n) is 1.69. The van der Waals surface area contributed by atoms with Crippen LogP contribution in [0.4, 0.5) is 0 Å². The van der Waals surface area contributed by atoms with Crippen LogP contribution in [-0.4, -0.2) is 7.11 Å². The van der Waals surface area contributed by atoms with E-state index in [-0.39, 0.29) is 0 Å². The number of halogens is 1. The molecule has 0 aliphatic heterocycles. The monoisotopic (exact) mass is 317 g/mol. The van der Waals surface area contributed by atoms with Crippen molar-refractivity contribution in [2.75, 3.05) is 7.11 Å². The van der Waals surface area contributed by atoms with Crippen molar-refractivity contribution in [3.63, 3.8) is 0 Å². The van der Waals surface area contributed by atoms with E-state index in [9.17, 15) is 0 Å². The summed E-state index contributed by atoms with van der Waals surface area (Å²) in [6, 6.07) is 15.0. The molecule has 0 heterocycles. The lowest BCUT2D eigenvalue weighted by Crippen LogP contribution is -1.90. The molecule has 19 heavy (non-hydrogen) atoms. The Bertz CT molecular complexity index is 620. The molecule has 2 rings (SSSR count). The van der Waals surface area contributed by atoms with Crippen LogP contribution in [-0.2, 0) is 11.3 Å². The molecule has 0 aromatic heterocycles. The number of hydrogen-bond acceptors (Lipinski definition) is 3. The summed E-state index contributed by atoms with van der Waals surface area (Å²) in [7, 11) is 1.65. The average Bonchev–Trinajstić information content (AvgIpc) is 2.39. The number of rotatable bonds is 4. The molecule has 0 aliphatic carbocycles. The summed E-state index contributed by atoms with van der Waals surface area (Å²) in [5, 5.41) is 8.92. The predicted octanol–water partition coefficient (Wildman–Crippen LogP) is 4.26. The van der Waals surface area contributed by atoms with Gasteiger partial charge in [0.05, 0.1) is 18.2 Å². The second-order valence-electron chi connectivity index (χ2n) is 3.97. The van der Waals surface area contributed by atoms with Crippen LogP contribution in [0.1, 0.15) is 11.1 Å². The number of nitrogens with zero attached hydrogens (tertiary/aromatic N) is 1. The Hall–Kier alpha value is -1.83. The highest BCUT2D eigenvalue weighted by atomic mass is 79.9. The maximum Gasteiger partial charge on any atom is 0.129 e. The summed E-state index contributed by atoms with van der Waals surface area (Å²) >= 11 is 3.36. The number of hydrogen-bond donors (Lipinski definition) is 0. The van der Waals surface area contributed by atoms with Crippen LogP contribution in [0.25, 0.3) is 0 Å². The fraction of sp³-hybridized carbons (Fsp3) is 0.133. The smallest absolute Gasteiger partial charge is 0.129 e. The van der Waals surface area contributed by atoms with Gasteiger partial charge in [0.25, 0.3) is 0 Å². The van der Waals surface area contributed by atoms with Gasteiger partial charge in [-0.05, 0) is 35.9 Å². The van der Waals surface area contributed by atoms with Crippen molar-refractivity contribution in [2.45, 2.75) is 6.61 Å². The van der Waals surface area contributed by atoms with Crippen molar-refractivity contribution in [1.82, 2.24) is 0 Å². The largest absolute Gasteiger partial charge is 0.457 e. The van der Waals surface area contributed by atoms with E-state index in [2.05, 4.69) is 22.0 Å². The Kier molecular flexibility index (Phi) is 4.56. The van der Waals surface area contributed by atoms with Crippen molar-refractivity contribution < 1.29 is 9.47 Å². The van der Waals surface area contributed by atoms with Gasteiger partial charge in [0.2, 0.25) is 0 Å². The maximum absolute atomic E-state index is 8.92. The molecule has 0 N–H and O–H groups in total. The van der Waals surface area contributed by atoms with Gasteiger partial charge < -0.3 is 9.47 Å². The van der Waals surface area contributed by atoms with E-state index in [1.54, 1.807) is 19.2 Å². The minimum absolute atomic E-state index is 0.541. The lowest BCUT2D eigenvalue weighted by atomic mass is 10.2. The maximum atomic E-state index is 8.92. The Labute approximate surface area is 120 Å². The van der Waals surface area contributed by atoms with Gasteiger partial charge in [-0.2, -0.15) is 5.26 Å². The molecular formula is C15H12BrNO2. The van der Waals surface area contributed by atoms with Gasteiger partial charge in [-0.15, -0.1) is 0 Å². The van der Waals surface area contributed by atoms with E-state index in [0.717, 1.165) is 15.8 Å². The average molecular weight is 318 g/mol. The van der Waals surface area contributed by atoms with E-state index in [1.807, 2.05) is 30.3 Å². The fourth-order valence-corrected chi connectivity index (χ4v) is 2.16. The lowest BCUT2D eigenvalue weighted by molar-refractivity contribution is 0.184. The summed E-state index contributed by atoms with van der Waals surface area (Å²) in [5.41, 5.74) is 1.59. The second-order valence-corrected chi connectivity index (χ2v) is 4.89. The second kappa shape index (κ2) is 6.37. The Morgan fingerprint density at radius 2 is 2.00 bits per heavy atom. The van der Waals surface area contributed by atoms with Crippen molar-refractivity contribution in [2.24, 2.45) is 0 Å². The Morgan fingerprint density at radius 1 is 1.16 bits per heavy atom. The van der Waals surface area contributed by atoms with Crippen molar-refractivity contribution in [3.05, 3.63) is 58.1 Å². The molecule has 0 atom stereocenters. The minimum Gasteiger partial charge on any atom is -0.457 e. The van der Waals surface area contributed by atoms with Gasteiger partial charge in [0, 0.05) is 11.6 Å². The van der Waals surface area contributed by atoms with Crippen molar-refractivity contribution in [1.29, 1.82) is 5.26 Å². The van der Waals surface area contributed by atoms with Gasteiger partial charge in [-0.1, -0.05) is 28.1 Å². The summed E-state index contributed by atoms with van der Waals surface area (Å²) in [6.45, 7) is 0.541. The number of nitriles is 1. The molecule has 96 valence electrons. The SMILES string of the molecule is COCc1cccc(Oc2cc(Br)cc(C#N)c2)c1. The molecule has 2 aromatic carbocycles. The quantitative estimate of drug-likeness (QED) is 0.846. The highest BCUT2D eigenvalue weighted by Crippen LogP contribution is 2.26. The highest BCUT2D eigenvalue weighted by molar-refractivity contribution is 9.10. The van der Waals surface area contributed by atoms with Crippen LogP contribution in [0.3, 0.4) is 0 Å². The van der Waals surface area contributed by atoms with Crippen LogP contribution in [0, 0.1) is 11.3 Å². The molecule has 0 spiro atoms. The van der Waals surface area contributed by atoms with E-state index < -0.39 is 0 Å². The normalized spacial score (nSPS) is 9.95. The number of benzene rings is 2. The number of ether oxygens (including phenoxy) is 2. The van der Waals surface area contributed by atoms with E-state index in [4.69, 9.17) is 14.7 Å². The first-order valence-corrected chi connectivity index (χ1v) is 6.47. The number of methoxy groups -OCH3 is 1. The third-order valence-electron chi connectivity index (χ3n) is 2.45. The van der Waals surface area contributed by atoms with Gasteiger partial charge in [0.1, 0.15) is 11.5 Å². The first-order chi connectivity index (χ1) is 9.21. The van der Waals surface area contributed by atoms with E-state index in [1.165, 1.54) is 0 Å². The molecule has 0 amide bonds. The third-order valence-corrected chi connectivity index (χ3v) is 2.90. The van der Waals surface area contributed by atoms with Crippen LogP contribution in [0.5, 0.6) is 11.5 Å². The molecule has 0 saturated heterocycles. The summed E-state index contributed by atoms with van der Waals surface area (Å²) in [5.74, 6) is 1.34. The van der Waals surface area contributed by atoms with Gasteiger partial charge in [0.15, 0.2) is 0 Å². The van der Waals surface area contributed by atoms with Crippen molar-refractivity contribution in [3.8, 4) is 17.6 Å². The first kappa shape index (κ1) is 13.6. The topological polar surface area (TPSA) is 42.2 Å². The van der Waals surface area contributed by atoms with Gasteiger partial charge in [-0.3, -0.25) is 0 Å². The molecule has 0 radical (unpaired) electrons. The standard InChI is InChI=1S/C15H12BrNO2/c1-18-10-11-3-2-4-14(6-11)19-15-7-12(9-17)5-13(16)8-15/h2-8H,10H2,1H3. The molecule has 0 saturated carbocycles. The minimum atomic E-state index is 0.541.